The van der Waals surface area contributed by atoms with Crippen LogP contribution in [0.15, 0.2) is 36.4 Å². The predicted octanol–water partition coefficient (Wildman–Crippen LogP) is 4.02. The van der Waals surface area contributed by atoms with E-state index in [1.807, 2.05) is 32.0 Å². The Morgan fingerprint density at radius 2 is 1.92 bits per heavy atom. The van der Waals surface area contributed by atoms with Gasteiger partial charge in [0.1, 0.15) is 11.5 Å². The number of carbonyl (C=O) groups excluding carboxylic acids is 1. The molecule has 138 valence electrons. The third kappa shape index (κ3) is 5.20. The third-order valence-electron chi connectivity index (χ3n) is 3.82. The molecule has 0 atom stereocenters. The normalized spacial score (nSPS) is 10.3. The highest BCUT2D eigenvalue weighted by Crippen LogP contribution is 2.29. The molecule has 2 rings (SSSR count). The summed E-state index contributed by atoms with van der Waals surface area (Å²) in [4.78, 5) is 22.5. The maximum absolute atomic E-state index is 12.1. The zero-order valence-electron chi connectivity index (χ0n) is 15.1. The number of nitrogens with one attached hydrogen (secondary N) is 1. The van der Waals surface area contributed by atoms with Crippen molar-refractivity contribution in [3.05, 3.63) is 57.6 Å². The summed E-state index contributed by atoms with van der Waals surface area (Å²) in [6.07, 6.45) is 0.757. The van der Waals surface area contributed by atoms with Crippen LogP contribution in [0.1, 0.15) is 24.0 Å². The first-order valence-corrected chi connectivity index (χ1v) is 8.23. The smallest absolute Gasteiger partial charge is 0.271 e. The molecule has 0 unspecified atom stereocenters. The van der Waals surface area contributed by atoms with E-state index in [1.54, 1.807) is 0 Å². The van der Waals surface area contributed by atoms with Crippen LogP contribution in [0.25, 0.3) is 0 Å². The summed E-state index contributed by atoms with van der Waals surface area (Å²) in [5.74, 6) is 0.926. The van der Waals surface area contributed by atoms with Gasteiger partial charge in [-0.05, 0) is 43.5 Å². The van der Waals surface area contributed by atoms with Gasteiger partial charge in [-0.1, -0.05) is 12.1 Å². The second kappa shape index (κ2) is 8.84. The second-order valence-corrected chi connectivity index (χ2v) is 5.91. The molecule has 0 radical (unpaired) electrons. The Kier molecular flexibility index (Phi) is 6.54. The number of benzene rings is 2. The van der Waals surface area contributed by atoms with Gasteiger partial charge in [-0.3, -0.25) is 14.9 Å². The number of aryl methyl sites for hydroxylation is 2. The third-order valence-corrected chi connectivity index (χ3v) is 3.82. The quantitative estimate of drug-likeness (QED) is 0.437. The van der Waals surface area contributed by atoms with Crippen molar-refractivity contribution in [2.24, 2.45) is 0 Å². The van der Waals surface area contributed by atoms with Gasteiger partial charge in [0.2, 0.25) is 5.91 Å². The van der Waals surface area contributed by atoms with Crippen LogP contribution >= 0.6 is 0 Å². The summed E-state index contributed by atoms with van der Waals surface area (Å²) < 4.78 is 10.8. The lowest BCUT2D eigenvalue weighted by atomic mass is 10.1. The molecule has 0 heterocycles. The fraction of sp³-hybridized carbons (Fsp3) is 0.316. The topological polar surface area (TPSA) is 90.7 Å². The minimum Gasteiger partial charge on any atom is -0.495 e. The van der Waals surface area contributed by atoms with Crippen LogP contribution in [0.5, 0.6) is 11.5 Å². The van der Waals surface area contributed by atoms with Crippen molar-refractivity contribution in [1.29, 1.82) is 0 Å². The fourth-order valence-electron chi connectivity index (χ4n) is 2.40. The van der Waals surface area contributed by atoms with E-state index in [9.17, 15) is 14.9 Å². The van der Waals surface area contributed by atoms with Gasteiger partial charge in [-0.15, -0.1) is 0 Å². The summed E-state index contributed by atoms with van der Waals surface area (Å²) in [7, 11) is 1.44. The van der Waals surface area contributed by atoms with E-state index in [1.165, 1.54) is 25.3 Å². The standard InChI is InChI=1S/C19H22N2O5/c1-13-6-7-14(2)18(11-13)26-10-4-5-19(22)20-16-12-15(21(23)24)8-9-17(16)25-3/h6-9,11-12H,4-5,10H2,1-3H3,(H,20,22). The second-order valence-electron chi connectivity index (χ2n) is 5.91. The number of hydrogen-bond donors (Lipinski definition) is 1. The maximum Gasteiger partial charge on any atom is 0.271 e. The molecule has 7 heteroatoms. The summed E-state index contributed by atoms with van der Waals surface area (Å²) in [5, 5.41) is 13.5. The number of nitro groups is 1. The number of nitrogens with zero attached hydrogens (tertiary/aromatic N) is 1. The van der Waals surface area contributed by atoms with E-state index in [0.717, 1.165) is 16.9 Å². The summed E-state index contributed by atoms with van der Waals surface area (Å²) in [5.41, 5.74) is 2.32. The van der Waals surface area contributed by atoms with E-state index >= 15 is 0 Å². The molecule has 2 aromatic carbocycles. The zero-order valence-corrected chi connectivity index (χ0v) is 15.1. The Hall–Kier alpha value is -3.09. The number of non-ortho nitro benzene ring substituents is 1. The van der Waals surface area contributed by atoms with Crippen LogP contribution in [0, 0.1) is 24.0 Å². The van der Waals surface area contributed by atoms with Gasteiger partial charge in [0, 0.05) is 18.6 Å². The minimum atomic E-state index is -0.521. The summed E-state index contributed by atoms with van der Waals surface area (Å²) in [6.45, 7) is 4.37. The number of nitro benzene ring substituents is 1. The van der Waals surface area contributed by atoms with Gasteiger partial charge in [0.05, 0.1) is 24.3 Å². The Morgan fingerprint density at radius 3 is 2.62 bits per heavy atom. The minimum absolute atomic E-state index is 0.112. The van der Waals surface area contributed by atoms with Crippen LogP contribution in [0.4, 0.5) is 11.4 Å². The number of anilines is 1. The van der Waals surface area contributed by atoms with Crippen molar-refractivity contribution in [1.82, 2.24) is 0 Å². The molecule has 1 amide bonds. The van der Waals surface area contributed by atoms with Crippen molar-refractivity contribution in [3.8, 4) is 11.5 Å². The molecular formula is C19H22N2O5. The molecule has 2 aromatic rings. The average Bonchev–Trinajstić information content (AvgIpc) is 2.61. The van der Waals surface area contributed by atoms with Crippen LogP contribution < -0.4 is 14.8 Å². The van der Waals surface area contributed by atoms with Crippen LogP contribution in [-0.2, 0) is 4.79 Å². The van der Waals surface area contributed by atoms with Crippen molar-refractivity contribution >= 4 is 17.3 Å². The predicted molar refractivity (Wildman–Crippen MR) is 98.9 cm³/mol. The van der Waals surface area contributed by atoms with Gasteiger partial charge in [-0.25, -0.2) is 0 Å². The van der Waals surface area contributed by atoms with E-state index in [4.69, 9.17) is 9.47 Å². The lowest BCUT2D eigenvalue weighted by molar-refractivity contribution is -0.384. The molecule has 0 fully saturated rings. The van der Waals surface area contributed by atoms with E-state index in [0.29, 0.717) is 18.8 Å². The van der Waals surface area contributed by atoms with Crippen molar-refractivity contribution in [2.75, 3.05) is 19.0 Å². The molecule has 0 aliphatic carbocycles. The number of hydrogen-bond acceptors (Lipinski definition) is 5. The van der Waals surface area contributed by atoms with Crippen molar-refractivity contribution in [3.63, 3.8) is 0 Å². The van der Waals surface area contributed by atoms with E-state index < -0.39 is 4.92 Å². The van der Waals surface area contributed by atoms with E-state index in [-0.39, 0.29) is 23.7 Å². The SMILES string of the molecule is COc1ccc([N+](=O)[O-])cc1NC(=O)CCCOc1cc(C)ccc1C. The highest BCUT2D eigenvalue weighted by atomic mass is 16.6. The van der Waals surface area contributed by atoms with Gasteiger partial charge < -0.3 is 14.8 Å². The Balaban J connectivity index is 1.88. The largest absolute Gasteiger partial charge is 0.495 e. The number of ether oxygens (including phenoxy) is 2. The molecule has 0 saturated carbocycles. The number of amides is 1. The molecule has 26 heavy (non-hydrogen) atoms. The van der Waals surface area contributed by atoms with Crippen molar-refractivity contribution < 1.29 is 19.2 Å². The molecule has 0 aliphatic rings. The first kappa shape index (κ1) is 19.2. The average molecular weight is 358 g/mol. The number of methoxy groups -OCH3 is 1. The summed E-state index contributed by atoms with van der Waals surface area (Å²) >= 11 is 0. The molecule has 1 N–H and O–H groups in total. The van der Waals surface area contributed by atoms with Crippen LogP contribution in [-0.4, -0.2) is 24.5 Å². The molecule has 0 bridgehead atoms. The maximum atomic E-state index is 12.1. The Labute approximate surface area is 152 Å². The van der Waals surface area contributed by atoms with E-state index in [2.05, 4.69) is 5.32 Å². The highest BCUT2D eigenvalue weighted by Gasteiger charge is 2.13. The molecule has 0 aliphatic heterocycles. The zero-order chi connectivity index (χ0) is 19.1. The highest BCUT2D eigenvalue weighted by molar-refractivity contribution is 5.92. The Morgan fingerprint density at radius 1 is 1.15 bits per heavy atom. The fourth-order valence-corrected chi connectivity index (χ4v) is 2.40. The molecule has 0 saturated heterocycles. The molecule has 7 nitrogen and oxygen atoms in total. The molecule has 0 spiro atoms. The van der Waals surface area contributed by atoms with Gasteiger partial charge in [0.15, 0.2) is 0 Å². The van der Waals surface area contributed by atoms with Gasteiger partial charge in [0.25, 0.3) is 5.69 Å². The Bertz CT molecular complexity index is 805. The lowest BCUT2D eigenvalue weighted by Gasteiger charge is -2.11. The van der Waals surface area contributed by atoms with Crippen LogP contribution in [0.3, 0.4) is 0 Å². The molecular weight excluding hydrogens is 336 g/mol. The van der Waals surface area contributed by atoms with Crippen LogP contribution in [0.2, 0.25) is 0 Å². The van der Waals surface area contributed by atoms with Gasteiger partial charge in [-0.2, -0.15) is 0 Å². The summed E-state index contributed by atoms with van der Waals surface area (Å²) in [6, 6.07) is 10.0. The van der Waals surface area contributed by atoms with Crippen molar-refractivity contribution in [2.45, 2.75) is 26.7 Å². The lowest BCUT2D eigenvalue weighted by Crippen LogP contribution is -2.13. The number of carbonyl (C=O) groups is 1. The molecule has 0 aromatic heterocycles. The van der Waals surface area contributed by atoms with Gasteiger partial charge >= 0.3 is 0 Å². The first-order chi connectivity index (χ1) is 12.4. The first-order valence-electron chi connectivity index (χ1n) is 8.23. The number of rotatable bonds is 8. The monoisotopic (exact) mass is 358 g/mol.